The summed E-state index contributed by atoms with van der Waals surface area (Å²) in [5, 5.41) is 14.6. The molecule has 0 radical (unpaired) electrons. The van der Waals surface area contributed by atoms with Gasteiger partial charge in [-0.3, -0.25) is 14.4 Å². The molecule has 0 bridgehead atoms. The summed E-state index contributed by atoms with van der Waals surface area (Å²) in [6.45, 7) is 2.55. The average molecular weight is 461 g/mol. The number of nitrogens with one attached hydrogen (secondary N) is 2. The molecule has 0 atom stereocenters. The first-order valence-corrected chi connectivity index (χ1v) is 11.6. The average Bonchev–Trinajstić information content (AvgIpc) is 2.88. The van der Waals surface area contributed by atoms with Crippen LogP contribution in [0.5, 0.6) is 0 Å². The third-order valence-corrected chi connectivity index (χ3v) is 6.32. The molecule has 176 valence electrons. The van der Waals surface area contributed by atoms with Crippen LogP contribution in [0.4, 0.5) is 17.2 Å². The van der Waals surface area contributed by atoms with Crippen LogP contribution in [0, 0.1) is 17.2 Å². The number of benzene rings is 1. The van der Waals surface area contributed by atoms with Crippen LogP contribution >= 0.6 is 0 Å². The highest BCUT2D eigenvalue weighted by molar-refractivity contribution is 6.39. The molecule has 9 nitrogen and oxygen atoms in total. The maximum atomic E-state index is 12.4. The van der Waals surface area contributed by atoms with E-state index < -0.39 is 11.8 Å². The third kappa shape index (κ3) is 5.52. The molecule has 1 aromatic carbocycles. The molecule has 3 amide bonds. The number of carbonyl (C=O) groups is 3. The van der Waals surface area contributed by atoms with Crippen molar-refractivity contribution in [1.82, 2.24) is 10.3 Å². The Morgan fingerprint density at radius 1 is 1.09 bits per heavy atom. The Labute approximate surface area is 198 Å². The maximum Gasteiger partial charge on any atom is 0.313 e. The van der Waals surface area contributed by atoms with Gasteiger partial charge < -0.3 is 20.4 Å². The summed E-state index contributed by atoms with van der Waals surface area (Å²) in [4.78, 5) is 45.0. The number of aromatic nitrogens is 1. The summed E-state index contributed by atoms with van der Waals surface area (Å²) >= 11 is 0. The molecular weight excluding hydrogens is 432 g/mol. The smallest absolute Gasteiger partial charge is 0.313 e. The molecule has 1 aromatic heterocycles. The predicted octanol–water partition coefficient (Wildman–Crippen LogP) is 2.44. The zero-order chi connectivity index (χ0) is 23.9. The summed E-state index contributed by atoms with van der Waals surface area (Å²) in [7, 11) is 0. The largest absolute Gasteiger partial charge is 0.356 e. The van der Waals surface area contributed by atoms with E-state index >= 15 is 0 Å². The minimum Gasteiger partial charge on any atom is -0.356 e. The molecule has 2 N–H and O–H groups in total. The van der Waals surface area contributed by atoms with Crippen molar-refractivity contribution >= 4 is 34.9 Å². The molecule has 0 saturated carbocycles. The number of carbonyl (C=O) groups excluding carboxylic acids is 3. The zero-order valence-corrected chi connectivity index (χ0v) is 19.0. The van der Waals surface area contributed by atoms with Gasteiger partial charge in [0.25, 0.3) is 0 Å². The molecule has 2 aromatic rings. The number of hydrogen-bond acceptors (Lipinski definition) is 6. The fraction of sp³-hybridized carbons (Fsp3) is 0.400. The normalized spacial score (nSPS) is 16.6. The van der Waals surface area contributed by atoms with Crippen molar-refractivity contribution in [3.63, 3.8) is 0 Å². The van der Waals surface area contributed by atoms with Crippen molar-refractivity contribution in [2.75, 3.05) is 41.3 Å². The molecule has 0 spiro atoms. The van der Waals surface area contributed by atoms with Crippen molar-refractivity contribution in [2.45, 2.75) is 32.1 Å². The van der Waals surface area contributed by atoms with Crippen molar-refractivity contribution in [3.8, 4) is 6.07 Å². The molecule has 2 aliphatic heterocycles. The van der Waals surface area contributed by atoms with Gasteiger partial charge in [-0.1, -0.05) is 6.07 Å². The number of hydrogen-bond donors (Lipinski definition) is 2. The Morgan fingerprint density at radius 2 is 1.91 bits per heavy atom. The first-order valence-electron chi connectivity index (χ1n) is 11.6. The lowest BCUT2D eigenvalue weighted by Crippen LogP contribution is -2.42. The minimum absolute atomic E-state index is 0.0745. The lowest BCUT2D eigenvalue weighted by molar-refractivity contribution is -0.136. The van der Waals surface area contributed by atoms with Gasteiger partial charge in [0.15, 0.2) is 0 Å². The lowest BCUT2D eigenvalue weighted by Gasteiger charge is -2.33. The van der Waals surface area contributed by atoms with E-state index in [0.29, 0.717) is 36.6 Å². The van der Waals surface area contributed by atoms with Gasteiger partial charge in [-0.25, -0.2) is 4.98 Å². The van der Waals surface area contributed by atoms with E-state index in [0.717, 1.165) is 44.5 Å². The Hall–Kier alpha value is -3.93. The Morgan fingerprint density at radius 3 is 2.68 bits per heavy atom. The van der Waals surface area contributed by atoms with Gasteiger partial charge in [0.2, 0.25) is 5.91 Å². The van der Waals surface area contributed by atoms with Gasteiger partial charge in [0, 0.05) is 50.2 Å². The van der Waals surface area contributed by atoms with Crippen molar-refractivity contribution < 1.29 is 14.4 Å². The van der Waals surface area contributed by atoms with Crippen molar-refractivity contribution in [2.24, 2.45) is 5.92 Å². The van der Waals surface area contributed by atoms with Crippen molar-refractivity contribution in [3.05, 3.63) is 48.2 Å². The fourth-order valence-electron chi connectivity index (χ4n) is 4.42. The van der Waals surface area contributed by atoms with E-state index in [1.807, 2.05) is 6.07 Å². The molecule has 0 unspecified atom stereocenters. The summed E-state index contributed by atoms with van der Waals surface area (Å²) in [5.74, 6) is -0.397. The molecule has 2 fully saturated rings. The molecule has 0 aliphatic carbocycles. The first kappa shape index (κ1) is 23.2. The van der Waals surface area contributed by atoms with Crippen LogP contribution in [0.1, 0.15) is 37.7 Å². The second kappa shape index (κ2) is 10.8. The van der Waals surface area contributed by atoms with Crippen LogP contribution in [-0.2, 0) is 14.4 Å². The van der Waals surface area contributed by atoms with Crippen LogP contribution in [0.3, 0.4) is 0 Å². The van der Waals surface area contributed by atoms with Gasteiger partial charge in [0.05, 0.1) is 5.56 Å². The van der Waals surface area contributed by atoms with Gasteiger partial charge in [-0.05, 0) is 61.9 Å². The second-order valence-corrected chi connectivity index (χ2v) is 8.63. The van der Waals surface area contributed by atoms with Crippen LogP contribution < -0.4 is 20.4 Å². The fourth-order valence-corrected chi connectivity index (χ4v) is 4.42. The summed E-state index contributed by atoms with van der Waals surface area (Å²) in [6.07, 6.45) is 5.71. The van der Waals surface area contributed by atoms with E-state index in [1.165, 1.54) is 0 Å². The van der Waals surface area contributed by atoms with E-state index in [-0.39, 0.29) is 11.8 Å². The SMILES string of the molecule is N#Cc1cccnc1N1CCC(CNC(=O)C(=O)Nc2cccc(N3CCCCC3=O)c2)CC1. The highest BCUT2D eigenvalue weighted by atomic mass is 16.2. The Bertz CT molecular complexity index is 1100. The molecule has 3 heterocycles. The van der Waals surface area contributed by atoms with E-state index in [9.17, 15) is 19.6 Å². The number of nitrogens with zero attached hydrogens (tertiary/aromatic N) is 4. The zero-order valence-electron chi connectivity index (χ0n) is 19.0. The summed E-state index contributed by atoms with van der Waals surface area (Å²) in [5.41, 5.74) is 1.76. The molecule has 2 saturated heterocycles. The molecular formula is C25H28N6O3. The molecule has 4 rings (SSSR count). The number of piperidine rings is 2. The van der Waals surface area contributed by atoms with Gasteiger partial charge in [-0.15, -0.1) is 0 Å². The monoisotopic (exact) mass is 460 g/mol. The lowest BCUT2D eigenvalue weighted by atomic mass is 9.96. The molecule has 9 heteroatoms. The molecule has 34 heavy (non-hydrogen) atoms. The highest BCUT2D eigenvalue weighted by Gasteiger charge is 2.24. The number of rotatable bonds is 5. The Balaban J connectivity index is 1.25. The highest BCUT2D eigenvalue weighted by Crippen LogP contribution is 2.25. The first-order chi connectivity index (χ1) is 16.5. The molecule has 2 aliphatic rings. The Kier molecular flexibility index (Phi) is 7.38. The number of nitriles is 1. The number of pyridine rings is 1. The van der Waals surface area contributed by atoms with Crippen molar-refractivity contribution in [1.29, 1.82) is 5.26 Å². The van der Waals surface area contributed by atoms with E-state index in [4.69, 9.17) is 0 Å². The summed E-state index contributed by atoms with van der Waals surface area (Å²) < 4.78 is 0. The minimum atomic E-state index is -0.730. The van der Waals surface area contributed by atoms with Gasteiger partial charge in [0.1, 0.15) is 11.9 Å². The topological polar surface area (TPSA) is 118 Å². The van der Waals surface area contributed by atoms with Crippen LogP contribution in [-0.4, -0.2) is 48.9 Å². The van der Waals surface area contributed by atoms with Gasteiger partial charge >= 0.3 is 11.8 Å². The maximum absolute atomic E-state index is 12.4. The predicted molar refractivity (Wildman–Crippen MR) is 128 cm³/mol. The summed E-state index contributed by atoms with van der Waals surface area (Å²) in [6, 6.07) is 12.7. The number of amides is 3. The standard InChI is InChI=1S/C25H28N6O3/c26-16-19-5-4-11-27-23(19)30-13-9-18(10-14-30)17-28-24(33)25(34)29-20-6-3-7-21(15-20)31-12-2-1-8-22(31)32/h3-7,11,15,18H,1-2,8-10,12-14,17H2,(H,28,33)(H,29,34). The quantitative estimate of drug-likeness (QED) is 0.662. The second-order valence-electron chi connectivity index (χ2n) is 8.63. The van der Waals surface area contributed by atoms with E-state index in [1.54, 1.807) is 41.4 Å². The van der Waals surface area contributed by atoms with Crippen LogP contribution in [0.15, 0.2) is 42.6 Å². The van der Waals surface area contributed by atoms with Gasteiger partial charge in [-0.2, -0.15) is 5.26 Å². The van der Waals surface area contributed by atoms with Crippen LogP contribution in [0.25, 0.3) is 0 Å². The van der Waals surface area contributed by atoms with Crippen LogP contribution in [0.2, 0.25) is 0 Å². The van der Waals surface area contributed by atoms with E-state index in [2.05, 4.69) is 26.6 Å². The number of anilines is 3. The third-order valence-electron chi connectivity index (χ3n) is 6.32.